The molecule has 9 heteroatoms. The van der Waals surface area contributed by atoms with Crippen LogP contribution >= 0.6 is 22.6 Å². The lowest BCUT2D eigenvalue weighted by Crippen LogP contribution is -2.07. The first kappa shape index (κ1) is 17.8. The molecule has 0 aromatic carbocycles. The van der Waals surface area contributed by atoms with Gasteiger partial charge in [0.05, 0.1) is 12.0 Å². The van der Waals surface area contributed by atoms with Crippen LogP contribution < -0.4 is 5.32 Å². The first-order chi connectivity index (χ1) is 13.0. The van der Waals surface area contributed by atoms with E-state index in [4.69, 9.17) is 0 Å². The summed E-state index contributed by atoms with van der Waals surface area (Å²) in [6.45, 7) is 7.49. The Morgan fingerprint density at radius 1 is 1.15 bits per heavy atom. The Hall–Kier alpha value is -2.56. The van der Waals surface area contributed by atoms with Crippen LogP contribution in [0.1, 0.15) is 23.9 Å². The zero-order valence-electron chi connectivity index (χ0n) is 15.3. The van der Waals surface area contributed by atoms with Gasteiger partial charge in [-0.25, -0.2) is 24.6 Å². The van der Waals surface area contributed by atoms with E-state index in [-0.39, 0.29) is 0 Å². The molecule has 138 valence electrons. The topological polar surface area (TPSA) is 86.3 Å². The summed E-state index contributed by atoms with van der Waals surface area (Å²) < 4.78 is 4.55. The molecule has 0 atom stereocenters. The number of aryl methyl sites for hydroxylation is 3. The van der Waals surface area contributed by atoms with Crippen molar-refractivity contribution in [2.24, 2.45) is 0 Å². The molecule has 8 nitrogen and oxygen atoms in total. The number of nitrogens with zero attached hydrogens (tertiary/aromatic N) is 7. The van der Waals surface area contributed by atoms with Gasteiger partial charge in [0.1, 0.15) is 0 Å². The Morgan fingerprint density at radius 3 is 2.67 bits per heavy atom. The van der Waals surface area contributed by atoms with Gasteiger partial charge in [-0.05, 0) is 38.5 Å². The van der Waals surface area contributed by atoms with E-state index in [1.807, 2.05) is 47.5 Å². The molecule has 0 amide bonds. The van der Waals surface area contributed by atoms with E-state index in [9.17, 15) is 0 Å². The second-order valence-corrected chi connectivity index (χ2v) is 7.23. The average molecular weight is 474 g/mol. The number of pyridine rings is 1. The lowest BCUT2D eigenvalue weighted by Gasteiger charge is -2.08. The molecule has 0 radical (unpaired) electrons. The molecule has 1 N–H and O–H groups in total. The molecule has 0 unspecified atom stereocenters. The maximum absolute atomic E-state index is 4.54. The molecule has 0 aliphatic carbocycles. The van der Waals surface area contributed by atoms with Gasteiger partial charge in [0.2, 0.25) is 0 Å². The number of rotatable bonds is 5. The van der Waals surface area contributed by atoms with E-state index in [0.29, 0.717) is 10.4 Å². The Labute approximate surface area is 170 Å². The molecule has 4 heterocycles. The molecule has 0 fully saturated rings. The summed E-state index contributed by atoms with van der Waals surface area (Å²) in [7, 11) is 0. The van der Waals surface area contributed by atoms with E-state index in [1.54, 1.807) is 6.33 Å². The zero-order valence-corrected chi connectivity index (χ0v) is 17.5. The molecule has 4 rings (SSSR count). The standard InChI is InChI=1S/C18H19IN8/c1-4-26-10-22-15-16(23-18(19)24-17(15)26)21-9-13-5-6-14(20-8-13)27-12(3)7-11(2)25-27/h5-8,10H,4,9H2,1-3H3,(H,21,23,24). The summed E-state index contributed by atoms with van der Waals surface area (Å²) in [5.74, 6) is 1.55. The molecule has 0 bridgehead atoms. The predicted molar refractivity (Wildman–Crippen MR) is 112 cm³/mol. The summed E-state index contributed by atoms with van der Waals surface area (Å²) in [4.78, 5) is 18.0. The second kappa shape index (κ2) is 7.22. The van der Waals surface area contributed by atoms with Crippen LogP contribution in [0, 0.1) is 17.7 Å². The number of nitrogens with one attached hydrogen (secondary N) is 1. The Bertz CT molecular complexity index is 1100. The number of aromatic nitrogens is 7. The zero-order chi connectivity index (χ0) is 19.0. The highest BCUT2D eigenvalue weighted by Crippen LogP contribution is 2.20. The minimum atomic E-state index is 0.603. The first-order valence-electron chi connectivity index (χ1n) is 8.66. The van der Waals surface area contributed by atoms with Crippen molar-refractivity contribution in [3.8, 4) is 5.82 Å². The smallest absolute Gasteiger partial charge is 0.194 e. The van der Waals surface area contributed by atoms with E-state index in [0.717, 1.165) is 46.3 Å². The van der Waals surface area contributed by atoms with Crippen LogP contribution in [-0.4, -0.2) is 34.3 Å². The van der Waals surface area contributed by atoms with Gasteiger partial charge in [-0.2, -0.15) is 5.10 Å². The summed E-state index contributed by atoms with van der Waals surface area (Å²) >= 11 is 2.13. The van der Waals surface area contributed by atoms with Crippen molar-refractivity contribution in [3.05, 3.63) is 51.5 Å². The minimum Gasteiger partial charge on any atom is -0.364 e. The molecule has 27 heavy (non-hydrogen) atoms. The molecule has 0 saturated heterocycles. The van der Waals surface area contributed by atoms with Crippen LogP contribution in [-0.2, 0) is 13.1 Å². The SMILES string of the molecule is CCn1cnc2c(NCc3ccc(-n4nc(C)cc4C)nc3)nc(I)nc21. The van der Waals surface area contributed by atoms with E-state index in [1.165, 1.54) is 0 Å². The van der Waals surface area contributed by atoms with Gasteiger partial charge < -0.3 is 9.88 Å². The van der Waals surface area contributed by atoms with Gasteiger partial charge in [-0.3, -0.25) is 0 Å². The number of hydrogen-bond acceptors (Lipinski definition) is 6. The highest BCUT2D eigenvalue weighted by atomic mass is 127. The number of halogens is 1. The fourth-order valence-corrected chi connectivity index (χ4v) is 3.44. The van der Waals surface area contributed by atoms with Crippen molar-refractivity contribution in [1.29, 1.82) is 0 Å². The third kappa shape index (κ3) is 3.51. The van der Waals surface area contributed by atoms with Gasteiger partial charge in [0.25, 0.3) is 0 Å². The predicted octanol–water partition coefficient (Wildman–Crippen LogP) is 3.26. The monoisotopic (exact) mass is 474 g/mol. The highest BCUT2D eigenvalue weighted by molar-refractivity contribution is 14.1. The molecule has 0 aliphatic rings. The number of hydrogen-bond donors (Lipinski definition) is 1. The van der Waals surface area contributed by atoms with E-state index in [2.05, 4.69) is 59.9 Å². The second-order valence-electron chi connectivity index (χ2n) is 6.26. The molecule has 4 aromatic heterocycles. The lowest BCUT2D eigenvalue weighted by molar-refractivity contribution is 0.776. The van der Waals surface area contributed by atoms with E-state index < -0.39 is 0 Å². The summed E-state index contributed by atoms with van der Waals surface area (Å²) in [5.41, 5.74) is 4.73. The molecule has 0 saturated carbocycles. The fraction of sp³-hybridized carbons (Fsp3) is 0.278. The van der Waals surface area contributed by atoms with Crippen molar-refractivity contribution in [2.75, 3.05) is 5.32 Å². The maximum Gasteiger partial charge on any atom is 0.194 e. The van der Waals surface area contributed by atoms with Crippen LogP contribution in [0.4, 0.5) is 5.82 Å². The Morgan fingerprint density at radius 2 is 2.00 bits per heavy atom. The van der Waals surface area contributed by atoms with Gasteiger partial charge in [-0.15, -0.1) is 0 Å². The molecule has 0 spiro atoms. The van der Waals surface area contributed by atoms with Gasteiger partial charge in [-0.1, -0.05) is 6.07 Å². The van der Waals surface area contributed by atoms with Crippen LogP contribution in [0.3, 0.4) is 0 Å². The summed E-state index contributed by atoms with van der Waals surface area (Å²) in [6, 6.07) is 6.05. The fourth-order valence-electron chi connectivity index (χ4n) is 2.97. The molecule has 0 aliphatic heterocycles. The van der Waals surface area contributed by atoms with Crippen LogP contribution in [0.25, 0.3) is 17.0 Å². The van der Waals surface area contributed by atoms with Gasteiger partial charge in [0.15, 0.2) is 26.6 Å². The van der Waals surface area contributed by atoms with Crippen molar-refractivity contribution >= 4 is 39.6 Å². The normalized spacial score (nSPS) is 11.3. The largest absolute Gasteiger partial charge is 0.364 e. The van der Waals surface area contributed by atoms with Crippen LogP contribution in [0.5, 0.6) is 0 Å². The number of anilines is 1. The quantitative estimate of drug-likeness (QED) is 0.353. The third-order valence-electron chi connectivity index (χ3n) is 4.27. The first-order valence-corrected chi connectivity index (χ1v) is 9.74. The van der Waals surface area contributed by atoms with Crippen molar-refractivity contribution < 1.29 is 0 Å². The van der Waals surface area contributed by atoms with Gasteiger partial charge in [0, 0.05) is 47.6 Å². The van der Waals surface area contributed by atoms with Crippen LogP contribution in [0.15, 0.2) is 30.7 Å². The number of fused-ring (bicyclic) bond motifs is 1. The van der Waals surface area contributed by atoms with Crippen LogP contribution in [0.2, 0.25) is 0 Å². The maximum atomic E-state index is 4.54. The lowest BCUT2D eigenvalue weighted by atomic mass is 10.3. The Kier molecular flexibility index (Phi) is 4.77. The molecular weight excluding hydrogens is 455 g/mol. The molecule has 4 aromatic rings. The Balaban J connectivity index is 1.55. The summed E-state index contributed by atoms with van der Waals surface area (Å²) in [5, 5.41) is 7.83. The number of imidazole rings is 1. The van der Waals surface area contributed by atoms with Crippen molar-refractivity contribution in [3.63, 3.8) is 0 Å². The van der Waals surface area contributed by atoms with E-state index >= 15 is 0 Å². The minimum absolute atomic E-state index is 0.603. The summed E-state index contributed by atoms with van der Waals surface area (Å²) in [6.07, 6.45) is 3.65. The van der Waals surface area contributed by atoms with Crippen molar-refractivity contribution in [2.45, 2.75) is 33.9 Å². The average Bonchev–Trinajstić information content (AvgIpc) is 3.22. The van der Waals surface area contributed by atoms with Crippen molar-refractivity contribution in [1.82, 2.24) is 34.3 Å². The van der Waals surface area contributed by atoms with Gasteiger partial charge >= 0.3 is 0 Å². The highest BCUT2D eigenvalue weighted by Gasteiger charge is 2.12. The third-order valence-corrected chi connectivity index (χ3v) is 4.76. The molecular formula is C18H19IN8.